The molecule has 0 saturated carbocycles. The van der Waals surface area contributed by atoms with E-state index < -0.39 is 0 Å². The Kier molecular flexibility index (Phi) is 5.02. The molecule has 3 N–H and O–H groups in total. The Bertz CT molecular complexity index is 839. The van der Waals surface area contributed by atoms with Crippen LogP contribution < -0.4 is 10.6 Å². The predicted molar refractivity (Wildman–Crippen MR) is 92.0 cm³/mol. The van der Waals surface area contributed by atoms with Crippen molar-refractivity contribution in [1.82, 2.24) is 15.6 Å². The van der Waals surface area contributed by atoms with Gasteiger partial charge in [-0.1, -0.05) is 11.6 Å². The molecule has 0 bridgehead atoms. The van der Waals surface area contributed by atoms with Gasteiger partial charge in [0.2, 0.25) is 5.91 Å². The number of H-pyrrole nitrogens is 1. The van der Waals surface area contributed by atoms with E-state index in [4.69, 9.17) is 16.0 Å². The minimum Gasteiger partial charge on any atom is -0.467 e. The molecule has 0 spiro atoms. The molecular weight excluding hydrogens is 350 g/mol. The lowest BCUT2D eigenvalue weighted by Crippen LogP contribution is -2.36. The second-order valence-electron chi connectivity index (χ2n) is 4.93. The molecule has 0 fully saturated rings. The third-order valence-electron chi connectivity index (χ3n) is 3.28. The summed E-state index contributed by atoms with van der Waals surface area (Å²) in [5, 5.41) is 5.27. The van der Waals surface area contributed by atoms with Crippen LogP contribution in [0.1, 0.15) is 16.1 Å². The van der Waals surface area contributed by atoms with E-state index in [-0.39, 0.29) is 24.9 Å². The van der Waals surface area contributed by atoms with Crippen LogP contribution in [0.2, 0.25) is 4.34 Å². The zero-order valence-electron chi connectivity index (χ0n) is 12.5. The maximum absolute atomic E-state index is 12.3. The molecule has 3 rings (SSSR count). The van der Waals surface area contributed by atoms with Crippen LogP contribution in [0, 0.1) is 0 Å². The zero-order chi connectivity index (χ0) is 16.9. The maximum Gasteiger partial charge on any atom is 0.253 e. The highest BCUT2D eigenvalue weighted by atomic mass is 35.5. The summed E-state index contributed by atoms with van der Waals surface area (Å²) in [5.41, 5.74) is 1.22. The summed E-state index contributed by atoms with van der Waals surface area (Å²) in [6, 6.07) is 7.13. The van der Waals surface area contributed by atoms with E-state index in [0.29, 0.717) is 15.7 Å². The first-order valence-electron chi connectivity index (χ1n) is 7.13. The average Bonchev–Trinajstić information content (AvgIpc) is 3.30. The number of carbonyl (C=O) groups is 2. The molecule has 0 aliphatic carbocycles. The van der Waals surface area contributed by atoms with E-state index >= 15 is 0 Å². The van der Waals surface area contributed by atoms with Crippen molar-refractivity contribution in [2.75, 3.05) is 6.54 Å². The second-order valence-corrected chi connectivity index (χ2v) is 6.64. The SMILES string of the molecule is O=C(CNC(=O)c1c[nH]cc1-c1ccc(Cl)s1)NCc1ccco1. The smallest absolute Gasteiger partial charge is 0.253 e. The van der Waals surface area contributed by atoms with E-state index in [1.807, 2.05) is 6.07 Å². The molecule has 0 atom stereocenters. The molecule has 2 amide bonds. The molecule has 3 aromatic heterocycles. The summed E-state index contributed by atoms with van der Waals surface area (Å²) in [4.78, 5) is 27.9. The molecule has 0 unspecified atom stereocenters. The Balaban J connectivity index is 1.56. The van der Waals surface area contributed by atoms with Gasteiger partial charge in [0.05, 0.1) is 29.3 Å². The van der Waals surface area contributed by atoms with Gasteiger partial charge in [-0.25, -0.2) is 0 Å². The van der Waals surface area contributed by atoms with Gasteiger partial charge >= 0.3 is 0 Å². The van der Waals surface area contributed by atoms with Crippen molar-refractivity contribution in [2.24, 2.45) is 0 Å². The number of halogens is 1. The van der Waals surface area contributed by atoms with Crippen LogP contribution in [0.4, 0.5) is 0 Å². The molecular formula is C16H14ClN3O3S. The summed E-state index contributed by atoms with van der Waals surface area (Å²) in [6.07, 6.45) is 4.86. The summed E-state index contributed by atoms with van der Waals surface area (Å²) < 4.78 is 5.77. The Labute approximate surface area is 146 Å². The van der Waals surface area contributed by atoms with Gasteiger partial charge in [-0.05, 0) is 24.3 Å². The van der Waals surface area contributed by atoms with E-state index in [1.54, 1.807) is 30.6 Å². The molecule has 24 heavy (non-hydrogen) atoms. The van der Waals surface area contributed by atoms with Crippen LogP contribution in [0.15, 0.2) is 47.3 Å². The van der Waals surface area contributed by atoms with Crippen LogP contribution >= 0.6 is 22.9 Å². The molecule has 3 heterocycles. The van der Waals surface area contributed by atoms with Gasteiger partial charge < -0.3 is 20.0 Å². The Morgan fingerprint density at radius 3 is 2.79 bits per heavy atom. The number of hydrogen-bond donors (Lipinski definition) is 3. The van der Waals surface area contributed by atoms with Gasteiger partial charge in [0.25, 0.3) is 5.91 Å². The number of nitrogens with one attached hydrogen (secondary N) is 3. The number of furan rings is 1. The molecule has 0 radical (unpaired) electrons. The van der Waals surface area contributed by atoms with Crippen molar-refractivity contribution in [1.29, 1.82) is 0 Å². The average molecular weight is 364 g/mol. The third kappa shape index (κ3) is 3.87. The third-order valence-corrected chi connectivity index (χ3v) is 4.54. The number of carbonyl (C=O) groups excluding carboxylic acids is 2. The summed E-state index contributed by atoms with van der Waals surface area (Å²) in [5.74, 6) is 0.0251. The summed E-state index contributed by atoms with van der Waals surface area (Å²) in [7, 11) is 0. The number of aromatic nitrogens is 1. The van der Waals surface area contributed by atoms with Crippen LogP contribution in [0.3, 0.4) is 0 Å². The van der Waals surface area contributed by atoms with Crippen molar-refractivity contribution in [3.63, 3.8) is 0 Å². The van der Waals surface area contributed by atoms with Crippen LogP contribution in [0.5, 0.6) is 0 Å². The summed E-state index contributed by atoms with van der Waals surface area (Å²) >= 11 is 7.32. The van der Waals surface area contributed by atoms with E-state index in [1.165, 1.54) is 17.6 Å². The first kappa shape index (κ1) is 16.4. The number of rotatable bonds is 6. The minimum atomic E-state index is -0.330. The number of aromatic amines is 1. The Hall–Kier alpha value is -2.51. The lowest BCUT2D eigenvalue weighted by Gasteiger charge is -2.06. The van der Waals surface area contributed by atoms with Crippen LogP contribution in [-0.2, 0) is 11.3 Å². The molecule has 3 aromatic rings. The standard InChI is InChI=1S/C16H14ClN3O3S/c17-14-4-3-13(24-14)11-7-18-8-12(11)16(22)20-9-15(21)19-6-10-2-1-5-23-10/h1-5,7-8,18H,6,9H2,(H,19,21)(H,20,22). The molecule has 6 nitrogen and oxygen atoms in total. The summed E-state index contributed by atoms with van der Waals surface area (Å²) in [6.45, 7) is 0.167. The quantitative estimate of drug-likeness (QED) is 0.629. The van der Waals surface area contributed by atoms with Crippen LogP contribution in [0.25, 0.3) is 10.4 Å². The van der Waals surface area contributed by atoms with Crippen molar-refractivity contribution in [3.8, 4) is 10.4 Å². The Morgan fingerprint density at radius 1 is 1.21 bits per heavy atom. The molecule has 124 valence electrons. The molecule has 0 aromatic carbocycles. The van der Waals surface area contributed by atoms with Gasteiger partial charge in [0.1, 0.15) is 5.76 Å². The second kappa shape index (κ2) is 7.37. The van der Waals surface area contributed by atoms with E-state index in [0.717, 1.165) is 10.4 Å². The number of thiophene rings is 1. The van der Waals surface area contributed by atoms with Gasteiger partial charge in [0.15, 0.2) is 0 Å². The maximum atomic E-state index is 12.3. The highest BCUT2D eigenvalue weighted by molar-refractivity contribution is 7.19. The zero-order valence-corrected chi connectivity index (χ0v) is 14.0. The fourth-order valence-corrected chi connectivity index (χ4v) is 3.21. The number of amides is 2. The monoisotopic (exact) mass is 363 g/mol. The molecule has 0 aliphatic heterocycles. The van der Waals surface area contributed by atoms with Gasteiger partial charge in [0, 0.05) is 22.8 Å². The van der Waals surface area contributed by atoms with E-state index in [2.05, 4.69) is 15.6 Å². The first-order valence-corrected chi connectivity index (χ1v) is 8.32. The van der Waals surface area contributed by atoms with Crippen LogP contribution in [-0.4, -0.2) is 23.3 Å². The van der Waals surface area contributed by atoms with E-state index in [9.17, 15) is 9.59 Å². The fourth-order valence-electron chi connectivity index (χ4n) is 2.13. The first-order chi connectivity index (χ1) is 11.6. The van der Waals surface area contributed by atoms with Gasteiger partial charge in [-0.3, -0.25) is 9.59 Å². The van der Waals surface area contributed by atoms with Gasteiger partial charge in [-0.15, -0.1) is 11.3 Å². The van der Waals surface area contributed by atoms with Gasteiger partial charge in [-0.2, -0.15) is 0 Å². The minimum absolute atomic E-state index is 0.116. The Morgan fingerprint density at radius 2 is 2.08 bits per heavy atom. The number of hydrogen-bond acceptors (Lipinski definition) is 4. The molecule has 0 aliphatic rings. The molecule has 0 saturated heterocycles. The van der Waals surface area contributed by atoms with Crippen molar-refractivity contribution in [2.45, 2.75) is 6.54 Å². The fraction of sp³-hybridized carbons (Fsp3) is 0.125. The highest BCUT2D eigenvalue weighted by Gasteiger charge is 2.16. The van der Waals surface area contributed by atoms with Crippen molar-refractivity contribution >= 4 is 34.8 Å². The predicted octanol–water partition coefficient (Wildman–Crippen LogP) is 3.04. The van der Waals surface area contributed by atoms with Crippen molar-refractivity contribution in [3.05, 3.63) is 58.6 Å². The van der Waals surface area contributed by atoms with Crippen molar-refractivity contribution < 1.29 is 14.0 Å². The largest absolute Gasteiger partial charge is 0.467 e. The lowest BCUT2D eigenvalue weighted by atomic mass is 10.1. The molecule has 8 heteroatoms. The lowest BCUT2D eigenvalue weighted by molar-refractivity contribution is -0.120. The normalized spacial score (nSPS) is 10.5. The highest BCUT2D eigenvalue weighted by Crippen LogP contribution is 2.32. The topological polar surface area (TPSA) is 87.1 Å².